The van der Waals surface area contributed by atoms with Crippen LogP contribution in [0.15, 0.2) is 97.3 Å². The molecule has 1 amide bonds. The van der Waals surface area contributed by atoms with Crippen LogP contribution < -0.4 is 16.0 Å². The number of nitrogens with one attached hydrogen (secondary N) is 4. The summed E-state index contributed by atoms with van der Waals surface area (Å²) in [7, 11) is 3.87. The number of hydrogen-bond acceptors (Lipinski definition) is 7. The molecule has 0 saturated carbocycles. The van der Waals surface area contributed by atoms with Gasteiger partial charge in [-0.2, -0.15) is 0 Å². The van der Waals surface area contributed by atoms with Crippen molar-refractivity contribution in [1.29, 1.82) is 0 Å². The number of aliphatic hydroxyl groups is 1. The fourth-order valence-electron chi connectivity index (χ4n) is 4.19. The minimum atomic E-state index is -0.962. The molecular formula is C31H30ClN7O2. The normalized spacial score (nSPS) is 12.1. The molecule has 5 aromatic rings. The van der Waals surface area contributed by atoms with E-state index in [1.807, 2.05) is 73.7 Å². The van der Waals surface area contributed by atoms with E-state index in [-0.39, 0.29) is 5.91 Å². The van der Waals surface area contributed by atoms with Crippen LogP contribution in [0.1, 0.15) is 11.8 Å². The molecule has 3 aromatic carbocycles. The second kappa shape index (κ2) is 12.6. The van der Waals surface area contributed by atoms with Crippen LogP contribution in [-0.2, 0) is 4.79 Å². The maximum atomic E-state index is 12.1. The minimum absolute atomic E-state index is 0.207. The molecule has 2 heterocycles. The van der Waals surface area contributed by atoms with Crippen LogP contribution in [0.3, 0.4) is 0 Å². The van der Waals surface area contributed by atoms with Gasteiger partial charge in [-0.05, 0) is 61.9 Å². The van der Waals surface area contributed by atoms with E-state index in [9.17, 15) is 9.90 Å². The summed E-state index contributed by atoms with van der Waals surface area (Å²) in [5.74, 6) is 0.184. The molecule has 9 nitrogen and oxygen atoms in total. The summed E-state index contributed by atoms with van der Waals surface area (Å²) in [6.07, 6.45) is 5.80. The Balaban J connectivity index is 1.23. The van der Waals surface area contributed by atoms with Crippen molar-refractivity contribution in [2.45, 2.75) is 6.23 Å². The number of carbonyl (C=O) groups excluding carboxylic acids is 1. The zero-order valence-corrected chi connectivity index (χ0v) is 23.4. The first-order chi connectivity index (χ1) is 19.8. The molecule has 1 unspecified atom stereocenters. The predicted octanol–water partition coefficient (Wildman–Crippen LogP) is 6.18. The third-order valence-corrected chi connectivity index (χ3v) is 6.51. The smallest absolute Gasteiger partial charge is 0.248 e. The van der Waals surface area contributed by atoms with E-state index in [1.54, 1.807) is 36.5 Å². The van der Waals surface area contributed by atoms with Crippen molar-refractivity contribution in [3.05, 3.63) is 108 Å². The van der Waals surface area contributed by atoms with E-state index >= 15 is 0 Å². The van der Waals surface area contributed by atoms with Crippen LogP contribution in [-0.4, -0.2) is 51.5 Å². The van der Waals surface area contributed by atoms with Crippen molar-refractivity contribution in [3.63, 3.8) is 0 Å². The van der Waals surface area contributed by atoms with Crippen molar-refractivity contribution >= 4 is 51.4 Å². The summed E-state index contributed by atoms with van der Waals surface area (Å²) in [4.78, 5) is 26.2. The van der Waals surface area contributed by atoms with Crippen molar-refractivity contribution in [2.75, 3.05) is 36.6 Å². The molecule has 5 N–H and O–H groups in total. The Morgan fingerprint density at radius 2 is 1.85 bits per heavy atom. The molecule has 1 atom stereocenters. The van der Waals surface area contributed by atoms with Crippen molar-refractivity contribution < 1.29 is 9.90 Å². The van der Waals surface area contributed by atoms with Crippen molar-refractivity contribution in [1.82, 2.24) is 19.9 Å². The highest BCUT2D eigenvalue weighted by atomic mass is 35.5. The number of H-pyrrole nitrogens is 1. The second-order valence-corrected chi connectivity index (χ2v) is 10.1. The lowest BCUT2D eigenvalue weighted by atomic mass is 10.1. The Morgan fingerprint density at radius 1 is 1.05 bits per heavy atom. The number of amides is 1. The number of nitrogens with zero attached hydrogens (tertiary/aromatic N) is 3. The SMILES string of the molecule is CN(C)C/C=C/C(=O)Nc1ccc(C(O)Nc2cccc(Nc3ncc(Cl)c(-c4ccc5cc[nH]c5c4)n3)c2)cc1. The first-order valence-corrected chi connectivity index (χ1v) is 13.4. The van der Waals surface area contributed by atoms with Gasteiger partial charge in [-0.1, -0.05) is 48.0 Å². The van der Waals surface area contributed by atoms with Crippen LogP contribution in [0.25, 0.3) is 22.2 Å². The van der Waals surface area contributed by atoms with E-state index in [0.29, 0.717) is 40.1 Å². The van der Waals surface area contributed by atoms with E-state index in [2.05, 4.69) is 30.9 Å². The Kier molecular flexibility index (Phi) is 8.59. The molecule has 0 spiro atoms. The Labute approximate surface area is 242 Å². The molecule has 5 rings (SSSR count). The number of aromatic nitrogens is 3. The number of halogens is 1. The lowest BCUT2D eigenvalue weighted by Crippen LogP contribution is -2.13. The van der Waals surface area contributed by atoms with Crippen molar-refractivity contribution in [2.24, 2.45) is 0 Å². The number of anilines is 4. The largest absolute Gasteiger partial charge is 0.369 e. The van der Waals surface area contributed by atoms with Gasteiger partial charge in [-0.15, -0.1) is 0 Å². The van der Waals surface area contributed by atoms with Gasteiger partial charge >= 0.3 is 0 Å². The molecule has 0 aliphatic heterocycles. The van der Waals surface area contributed by atoms with Gasteiger partial charge in [0.2, 0.25) is 11.9 Å². The van der Waals surface area contributed by atoms with Crippen LogP contribution in [0, 0.1) is 0 Å². The fourth-order valence-corrected chi connectivity index (χ4v) is 4.39. The summed E-state index contributed by atoms with van der Waals surface area (Å²) >= 11 is 6.44. The maximum Gasteiger partial charge on any atom is 0.248 e. The topological polar surface area (TPSA) is 118 Å². The van der Waals surface area contributed by atoms with E-state index in [0.717, 1.165) is 22.2 Å². The highest BCUT2D eigenvalue weighted by Gasteiger charge is 2.11. The summed E-state index contributed by atoms with van der Waals surface area (Å²) in [5.41, 5.74) is 5.20. The highest BCUT2D eigenvalue weighted by Crippen LogP contribution is 2.30. The molecule has 0 fully saturated rings. The van der Waals surface area contributed by atoms with Gasteiger partial charge in [0.25, 0.3) is 0 Å². The number of rotatable bonds is 10. The number of carbonyl (C=O) groups is 1. The third kappa shape index (κ3) is 7.29. The molecule has 208 valence electrons. The summed E-state index contributed by atoms with van der Waals surface area (Å²) in [6, 6.07) is 22.4. The fraction of sp³-hybridized carbons (Fsp3) is 0.129. The highest BCUT2D eigenvalue weighted by molar-refractivity contribution is 6.33. The number of aliphatic hydroxyl groups excluding tert-OH is 1. The monoisotopic (exact) mass is 567 g/mol. The van der Waals surface area contributed by atoms with Crippen molar-refractivity contribution in [3.8, 4) is 11.3 Å². The number of likely N-dealkylation sites (N-methyl/N-ethyl adjacent to an activating group) is 1. The van der Waals surface area contributed by atoms with Crippen LogP contribution in [0.4, 0.5) is 23.0 Å². The number of benzene rings is 3. The Hall–Kier alpha value is -4.70. The van der Waals surface area contributed by atoms with Gasteiger partial charge in [-0.3, -0.25) is 4.79 Å². The lowest BCUT2D eigenvalue weighted by molar-refractivity contribution is -0.111. The molecule has 10 heteroatoms. The van der Waals surface area contributed by atoms with E-state index < -0.39 is 6.23 Å². The first kappa shape index (κ1) is 27.9. The standard InChI is InChI=1S/C31H30ClN7O2/c1-39(2)16-4-7-28(40)35-23-12-10-21(11-13-23)30(41)36-24-5-3-6-25(18-24)37-31-34-19-26(32)29(38-31)22-9-8-20-14-15-33-27(20)17-22/h3-15,17-19,30,33,36,41H,16H2,1-2H3,(H,35,40)(H,34,37,38)/b7-4+. The predicted molar refractivity (Wildman–Crippen MR) is 165 cm³/mol. The first-order valence-electron chi connectivity index (χ1n) is 13.0. The zero-order chi connectivity index (χ0) is 28.8. The van der Waals surface area contributed by atoms with Crippen LogP contribution in [0.5, 0.6) is 0 Å². The Morgan fingerprint density at radius 3 is 2.66 bits per heavy atom. The average Bonchev–Trinajstić information content (AvgIpc) is 3.42. The van der Waals surface area contributed by atoms with Crippen LogP contribution >= 0.6 is 11.6 Å². The number of hydrogen-bond donors (Lipinski definition) is 5. The molecule has 0 aliphatic rings. The van der Waals surface area contributed by atoms with E-state index in [1.165, 1.54) is 6.08 Å². The molecular weight excluding hydrogens is 538 g/mol. The molecule has 0 saturated heterocycles. The third-order valence-electron chi connectivity index (χ3n) is 6.23. The number of aromatic amines is 1. The van der Waals surface area contributed by atoms with Gasteiger partial charge in [0, 0.05) is 52.5 Å². The van der Waals surface area contributed by atoms with Crippen LogP contribution in [0.2, 0.25) is 5.02 Å². The molecule has 0 bridgehead atoms. The quantitative estimate of drug-likeness (QED) is 0.101. The second-order valence-electron chi connectivity index (χ2n) is 9.70. The number of fused-ring (bicyclic) bond motifs is 1. The summed E-state index contributed by atoms with van der Waals surface area (Å²) in [5, 5.41) is 21.4. The average molecular weight is 568 g/mol. The summed E-state index contributed by atoms with van der Waals surface area (Å²) < 4.78 is 0. The molecule has 2 aromatic heterocycles. The van der Waals surface area contributed by atoms with Gasteiger partial charge < -0.3 is 30.9 Å². The Bertz CT molecular complexity index is 1680. The van der Waals surface area contributed by atoms with Gasteiger partial charge in [-0.25, -0.2) is 9.97 Å². The molecule has 0 radical (unpaired) electrons. The maximum absolute atomic E-state index is 12.1. The zero-order valence-electron chi connectivity index (χ0n) is 22.6. The molecule has 41 heavy (non-hydrogen) atoms. The van der Waals surface area contributed by atoms with E-state index in [4.69, 9.17) is 11.6 Å². The van der Waals surface area contributed by atoms with Gasteiger partial charge in [0.1, 0.15) is 0 Å². The molecule has 0 aliphatic carbocycles. The van der Waals surface area contributed by atoms with Gasteiger partial charge in [0.05, 0.1) is 16.9 Å². The lowest BCUT2D eigenvalue weighted by Gasteiger charge is -2.16. The minimum Gasteiger partial charge on any atom is -0.369 e. The van der Waals surface area contributed by atoms with Gasteiger partial charge in [0.15, 0.2) is 6.23 Å². The summed E-state index contributed by atoms with van der Waals surface area (Å²) in [6.45, 7) is 0.680.